The summed E-state index contributed by atoms with van der Waals surface area (Å²) in [6.45, 7) is 3.13. The average Bonchev–Trinajstić information content (AvgIpc) is 2.38. The number of nitro benzene ring substituents is 1. The van der Waals surface area contributed by atoms with Crippen molar-refractivity contribution in [2.45, 2.75) is 20.0 Å². The van der Waals surface area contributed by atoms with Crippen LogP contribution in [-0.4, -0.2) is 29.6 Å². The van der Waals surface area contributed by atoms with Gasteiger partial charge in [-0.1, -0.05) is 11.6 Å². The van der Waals surface area contributed by atoms with Crippen molar-refractivity contribution in [3.8, 4) is 0 Å². The van der Waals surface area contributed by atoms with Crippen LogP contribution in [0.1, 0.15) is 24.2 Å². The lowest BCUT2D eigenvalue weighted by Crippen LogP contribution is -2.26. The summed E-state index contributed by atoms with van der Waals surface area (Å²) in [5.74, 6) is -1.56. The van der Waals surface area contributed by atoms with Gasteiger partial charge in [0.05, 0.1) is 17.1 Å². The maximum Gasteiger partial charge on any atom is 0.347 e. The highest BCUT2D eigenvalue weighted by atomic mass is 35.5. The zero-order valence-corrected chi connectivity index (χ0v) is 11.5. The topological polar surface area (TPSA) is 95.7 Å². The van der Waals surface area contributed by atoms with Gasteiger partial charge < -0.3 is 9.47 Å². The highest BCUT2D eigenvalue weighted by molar-refractivity contribution is 6.32. The number of hydrogen-bond donors (Lipinski definition) is 0. The second-order valence-electron chi connectivity index (χ2n) is 3.72. The van der Waals surface area contributed by atoms with E-state index in [-0.39, 0.29) is 17.2 Å². The first-order chi connectivity index (χ1) is 9.36. The quantitative estimate of drug-likeness (QED) is 0.470. The number of hydrogen-bond acceptors (Lipinski definition) is 6. The largest absolute Gasteiger partial charge is 0.463 e. The molecule has 0 aliphatic rings. The van der Waals surface area contributed by atoms with Gasteiger partial charge in [0.2, 0.25) is 0 Å². The molecular weight excluding hydrogens is 290 g/mol. The molecule has 1 aromatic carbocycles. The Hall–Kier alpha value is -2.15. The normalized spacial score (nSPS) is 11.6. The molecule has 0 aromatic heterocycles. The van der Waals surface area contributed by atoms with E-state index in [2.05, 4.69) is 4.74 Å². The standard InChI is InChI=1S/C12H12ClNO6/c1-3-19-11(15)7(2)20-12(16)8-4-5-9(13)10(6-8)14(17)18/h4-7H,3H2,1-2H3. The lowest BCUT2D eigenvalue weighted by atomic mass is 10.2. The highest BCUT2D eigenvalue weighted by Gasteiger charge is 2.22. The summed E-state index contributed by atoms with van der Waals surface area (Å²) < 4.78 is 9.52. The summed E-state index contributed by atoms with van der Waals surface area (Å²) in [6, 6.07) is 3.48. The molecular formula is C12H12ClNO6. The van der Waals surface area contributed by atoms with Gasteiger partial charge in [-0.2, -0.15) is 0 Å². The first-order valence-corrected chi connectivity index (χ1v) is 6.06. The molecule has 1 unspecified atom stereocenters. The molecule has 7 nitrogen and oxygen atoms in total. The molecule has 0 radical (unpaired) electrons. The molecule has 1 atom stereocenters. The molecule has 0 saturated heterocycles. The third-order valence-electron chi connectivity index (χ3n) is 2.28. The Labute approximate surface area is 119 Å². The molecule has 8 heteroatoms. The van der Waals surface area contributed by atoms with E-state index < -0.39 is 28.7 Å². The van der Waals surface area contributed by atoms with Crippen LogP contribution in [0.3, 0.4) is 0 Å². The second kappa shape index (κ2) is 6.85. The number of ether oxygens (including phenoxy) is 2. The maximum absolute atomic E-state index is 11.8. The van der Waals surface area contributed by atoms with E-state index >= 15 is 0 Å². The summed E-state index contributed by atoms with van der Waals surface area (Å²) in [7, 11) is 0. The zero-order valence-electron chi connectivity index (χ0n) is 10.8. The molecule has 20 heavy (non-hydrogen) atoms. The molecule has 0 amide bonds. The predicted molar refractivity (Wildman–Crippen MR) is 69.6 cm³/mol. The molecule has 0 N–H and O–H groups in total. The molecule has 0 saturated carbocycles. The van der Waals surface area contributed by atoms with Crippen LogP contribution in [0.15, 0.2) is 18.2 Å². The fraction of sp³-hybridized carbons (Fsp3) is 0.333. The van der Waals surface area contributed by atoms with Crippen LogP contribution >= 0.6 is 11.6 Å². The summed E-state index contributed by atoms with van der Waals surface area (Å²) in [6.07, 6.45) is -1.10. The van der Waals surface area contributed by atoms with Crippen molar-refractivity contribution in [1.82, 2.24) is 0 Å². The third kappa shape index (κ3) is 3.92. The van der Waals surface area contributed by atoms with Crippen molar-refractivity contribution in [3.63, 3.8) is 0 Å². The van der Waals surface area contributed by atoms with E-state index in [1.807, 2.05) is 0 Å². The van der Waals surface area contributed by atoms with E-state index in [4.69, 9.17) is 16.3 Å². The fourth-order valence-electron chi connectivity index (χ4n) is 1.32. The van der Waals surface area contributed by atoms with E-state index in [1.165, 1.54) is 19.1 Å². The van der Waals surface area contributed by atoms with Gasteiger partial charge in [-0.05, 0) is 26.0 Å². The molecule has 0 heterocycles. The van der Waals surface area contributed by atoms with Crippen molar-refractivity contribution in [1.29, 1.82) is 0 Å². The number of esters is 2. The van der Waals surface area contributed by atoms with E-state index in [1.54, 1.807) is 6.92 Å². The van der Waals surface area contributed by atoms with Gasteiger partial charge in [0.25, 0.3) is 5.69 Å². The number of nitro groups is 1. The lowest BCUT2D eigenvalue weighted by molar-refractivity contribution is -0.384. The summed E-state index contributed by atoms with van der Waals surface area (Å²) >= 11 is 5.63. The molecule has 0 aliphatic heterocycles. The van der Waals surface area contributed by atoms with Crippen LogP contribution < -0.4 is 0 Å². The zero-order chi connectivity index (χ0) is 15.3. The molecule has 1 rings (SSSR count). The maximum atomic E-state index is 11.8. The van der Waals surface area contributed by atoms with Gasteiger partial charge in [0.1, 0.15) is 5.02 Å². The van der Waals surface area contributed by atoms with E-state index in [9.17, 15) is 19.7 Å². The van der Waals surface area contributed by atoms with Crippen molar-refractivity contribution in [3.05, 3.63) is 38.9 Å². The Bertz CT molecular complexity index is 545. The van der Waals surface area contributed by atoms with Crippen molar-refractivity contribution >= 4 is 29.2 Å². The Morgan fingerprint density at radius 3 is 2.65 bits per heavy atom. The highest BCUT2D eigenvalue weighted by Crippen LogP contribution is 2.25. The second-order valence-corrected chi connectivity index (χ2v) is 4.13. The number of nitrogens with zero attached hydrogens (tertiary/aromatic N) is 1. The third-order valence-corrected chi connectivity index (χ3v) is 2.60. The number of carbonyl (C=O) groups excluding carboxylic acids is 2. The van der Waals surface area contributed by atoms with Crippen molar-refractivity contribution < 1.29 is 24.0 Å². The molecule has 0 bridgehead atoms. The van der Waals surface area contributed by atoms with Gasteiger partial charge in [0.15, 0.2) is 6.10 Å². The first-order valence-electron chi connectivity index (χ1n) is 5.68. The first kappa shape index (κ1) is 15.9. The van der Waals surface area contributed by atoms with Gasteiger partial charge in [-0.3, -0.25) is 10.1 Å². The Morgan fingerprint density at radius 1 is 1.45 bits per heavy atom. The Kier molecular flexibility index (Phi) is 5.45. The van der Waals surface area contributed by atoms with Gasteiger partial charge in [-0.15, -0.1) is 0 Å². The number of carbonyl (C=O) groups is 2. The average molecular weight is 302 g/mol. The summed E-state index contributed by atoms with van der Waals surface area (Å²) in [4.78, 5) is 33.1. The monoisotopic (exact) mass is 301 g/mol. The molecule has 0 spiro atoms. The summed E-state index contributed by atoms with van der Waals surface area (Å²) in [5.41, 5.74) is -0.484. The smallest absolute Gasteiger partial charge is 0.347 e. The van der Waals surface area contributed by atoms with Crippen LogP contribution in [0, 0.1) is 10.1 Å². The number of benzene rings is 1. The molecule has 0 aliphatic carbocycles. The minimum atomic E-state index is -1.10. The minimum Gasteiger partial charge on any atom is -0.463 e. The fourth-order valence-corrected chi connectivity index (χ4v) is 1.50. The molecule has 108 valence electrons. The SMILES string of the molecule is CCOC(=O)C(C)OC(=O)c1ccc(Cl)c([N+](=O)[O-])c1. The predicted octanol–water partition coefficient (Wildman–Crippen LogP) is 2.36. The number of halogens is 1. The van der Waals surface area contributed by atoms with Crippen LogP contribution in [0.25, 0.3) is 0 Å². The van der Waals surface area contributed by atoms with Crippen LogP contribution in [-0.2, 0) is 14.3 Å². The van der Waals surface area contributed by atoms with Gasteiger partial charge in [-0.25, -0.2) is 9.59 Å². The van der Waals surface area contributed by atoms with Crippen LogP contribution in [0.5, 0.6) is 0 Å². The molecule has 1 aromatic rings. The van der Waals surface area contributed by atoms with Crippen molar-refractivity contribution in [2.75, 3.05) is 6.61 Å². The minimum absolute atomic E-state index is 0.0720. The van der Waals surface area contributed by atoms with Crippen LogP contribution in [0.4, 0.5) is 5.69 Å². The Balaban J connectivity index is 2.85. The lowest BCUT2D eigenvalue weighted by Gasteiger charge is -2.11. The van der Waals surface area contributed by atoms with Crippen LogP contribution in [0.2, 0.25) is 5.02 Å². The van der Waals surface area contributed by atoms with Gasteiger partial charge in [0, 0.05) is 6.07 Å². The van der Waals surface area contributed by atoms with E-state index in [0.29, 0.717) is 0 Å². The Morgan fingerprint density at radius 2 is 2.10 bits per heavy atom. The van der Waals surface area contributed by atoms with E-state index in [0.717, 1.165) is 6.07 Å². The molecule has 0 fully saturated rings. The van der Waals surface area contributed by atoms with Crippen molar-refractivity contribution in [2.24, 2.45) is 0 Å². The summed E-state index contributed by atoms with van der Waals surface area (Å²) in [5, 5.41) is 10.6. The number of rotatable bonds is 5. The van der Waals surface area contributed by atoms with Gasteiger partial charge >= 0.3 is 11.9 Å².